The Morgan fingerprint density at radius 1 is 0.774 bits per heavy atom. The molecule has 31 heavy (non-hydrogen) atoms. The maximum atomic E-state index is 12.1. The van der Waals surface area contributed by atoms with Gasteiger partial charge < -0.3 is 14.2 Å². The number of rotatable bonds is 3. The number of hydrogen-bond acceptors (Lipinski definition) is 6. The van der Waals surface area contributed by atoms with Crippen LogP contribution >= 0.6 is 0 Å². The Kier molecular flexibility index (Phi) is 5.89. The van der Waals surface area contributed by atoms with Crippen LogP contribution in [0.25, 0.3) is 0 Å². The van der Waals surface area contributed by atoms with Gasteiger partial charge >= 0.3 is 17.9 Å². The van der Waals surface area contributed by atoms with Crippen molar-refractivity contribution in [1.29, 1.82) is 0 Å². The summed E-state index contributed by atoms with van der Waals surface area (Å²) in [4.78, 5) is 35.2. The van der Waals surface area contributed by atoms with Gasteiger partial charge in [-0.05, 0) is 80.0 Å². The maximum absolute atomic E-state index is 12.1. The molecule has 0 aromatic heterocycles. The zero-order chi connectivity index (χ0) is 22.6. The summed E-state index contributed by atoms with van der Waals surface area (Å²) in [6.45, 7) is 9.18. The molecule has 0 aromatic rings. The van der Waals surface area contributed by atoms with Crippen molar-refractivity contribution >= 4 is 17.9 Å². The van der Waals surface area contributed by atoms with Gasteiger partial charge in [0.25, 0.3) is 0 Å². The lowest BCUT2D eigenvalue weighted by atomic mass is 9.44. The fourth-order valence-electron chi connectivity index (χ4n) is 8.31. The Morgan fingerprint density at radius 2 is 1.42 bits per heavy atom. The van der Waals surface area contributed by atoms with E-state index in [0.717, 1.165) is 51.4 Å². The molecule has 6 heteroatoms. The highest BCUT2D eigenvalue weighted by Crippen LogP contribution is 2.67. The van der Waals surface area contributed by atoms with E-state index in [0.29, 0.717) is 23.7 Å². The molecule has 6 nitrogen and oxygen atoms in total. The summed E-state index contributed by atoms with van der Waals surface area (Å²) in [5.74, 6) is 1.12. The first kappa shape index (κ1) is 22.6. The molecule has 0 heterocycles. The van der Waals surface area contributed by atoms with Gasteiger partial charge in [-0.1, -0.05) is 13.8 Å². The highest BCUT2D eigenvalue weighted by molar-refractivity contribution is 5.67. The fourth-order valence-corrected chi connectivity index (χ4v) is 8.31. The third kappa shape index (κ3) is 4.11. The van der Waals surface area contributed by atoms with E-state index in [1.54, 1.807) is 0 Å². The third-order valence-electron chi connectivity index (χ3n) is 9.23. The summed E-state index contributed by atoms with van der Waals surface area (Å²) >= 11 is 0. The number of fused-ring (bicyclic) bond motifs is 5. The number of carbonyl (C=O) groups excluding carboxylic acids is 3. The van der Waals surface area contributed by atoms with Gasteiger partial charge in [0.2, 0.25) is 0 Å². The quantitative estimate of drug-likeness (QED) is 0.483. The third-order valence-corrected chi connectivity index (χ3v) is 9.23. The number of ether oxygens (including phenoxy) is 3. The molecule has 174 valence electrons. The zero-order valence-corrected chi connectivity index (χ0v) is 19.6. The van der Waals surface area contributed by atoms with Crippen LogP contribution in [0.5, 0.6) is 0 Å². The van der Waals surface area contributed by atoms with Gasteiger partial charge in [0.05, 0.1) is 0 Å². The molecule has 4 aliphatic rings. The lowest BCUT2D eigenvalue weighted by Crippen LogP contribution is -2.59. The summed E-state index contributed by atoms with van der Waals surface area (Å²) in [7, 11) is 0. The van der Waals surface area contributed by atoms with Crippen molar-refractivity contribution in [2.45, 2.75) is 104 Å². The van der Waals surface area contributed by atoms with Crippen LogP contribution in [-0.4, -0.2) is 36.2 Å². The molecule has 0 aliphatic heterocycles. The maximum Gasteiger partial charge on any atom is 0.302 e. The Morgan fingerprint density at radius 3 is 2.06 bits per heavy atom. The Labute approximate surface area is 185 Å². The molecule has 0 aromatic carbocycles. The second kappa shape index (κ2) is 8.08. The predicted molar refractivity (Wildman–Crippen MR) is 114 cm³/mol. The van der Waals surface area contributed by atoms with Crippen molar-refractivity contribution in [3.8, 4) is 0 Å². The summed E-state index contributed by atoms with van der Waals surface area (Å²) in [5, 5.41) is 0. The van der Waals surface area contributed by atoms with Crippen molar-refractivity contribution in [2.24, 2.45) is 34.5 Å². The number of hydrogen-bond donors (Lipinski definition) is 0. The minimum atomic E-state index is -0.209. The summed E-state index contributed by atoms with van der Waals surface area (Å²) in [6.07, 6.45) is 7.48. The van der Waals surface area contributed by atoms with Crippen LogP contribution < -0.4 is 0 Å². The van der Waals surface area contributed by atoms with Gasteiger partial charge in [0, 0.05) is 26.7 Å². The van der Waals surface area contributed by atoms with Gasteiger partial charge in [0.15, 0.2) is 0 Å². The zero-order valence-electron chi connectivity index (χ0n) is 19.6. The monoisotopic (exact) mass is 434 g/mol. The first-order chi connectivity index (χ1) is 14.5. The van der Waals surface area contributed by atoms with Crippen molar-refractivity contribution in [3.63, 3.8) is 0 Å². The van der Waals surface area contributed by atoms with Crippen molar-refractivity contribution in [3.05, 3.63) is 0 Å². The van der Waals surface area contributed by atoms with Crippen LogP contribution in [0, 0.1) is 34.5 Å². The van der Waals surface area contributed by atoms with E-state index in [4.69, 9.17) is 14.2 Å². The Balaban J connectivity index is 1.62. The first-order valence-corrected chi connectivity index (χ1v) is 12.0. The number of esters is 3. The normalized spacial score (nSPS) is 46.2. The van der Waals surface area contributed by atoms with E-state index < -0.39 is 0 Å². The van der Waals surface area contributed by atoms with Gasteiger partial charge in [-0.15, -0.1) is 0 Å². The van der Waals surface area contributed by atoms with Gasteiger partial charge in [-0.3, -0.25) is 14.4 Å². The van der Waals surface area contributed by atoms with Crippen molar-refractivity contribution in [1.82, 2.24) is 0 Å². The van der Waals surface area contributed by atoms with Crippen LogP contribution in [0.4, 0.5) is 0 Å². The highest BCUT2D eigenvalue weighted by atomic mass is 16.6. The minimum Gasteiger partial charge on any atom is -0.463 e. The molecule has 4 aliphatic carbocycles. The van der Waals surface area contributed by atoms with Gasteiger partial charge in [0.1, 0.15) is 18.3 Å². The summed E-state index contributed by atoms with van der Waals surface area (Å²) in [5.41, 5.74) is 0.0973. The molecule has 0 radical (unpaired) electrons. The Bertz CT molecular complexity index is 748. The van der Waals surface area contributed by atoms with Crippen LogP contribution in [0.15, 0.2) is 0 Å². The first-order valence-electron chi connectivity index (χ1n) is 12.0. The van der Waals surface area contributed by atoms with Gasteiger partial charge in [-0.25, -0.2) is 0 Å². The topological polar surface area (TPSA) is 78.9 Å². The lowest BCUT2D eigenvalue weighted by Gasteiger charge is -2.62. The van der Waals surface area contributed by atoms with Crippen LogP contribution in [0.1, 0.15) is 86.0 Å². The fraction of sp³-hybridized carbons (Fsp3) is 0.880. The molecule has 0 N–H and O–H groups in total. The predicted octanol–water partition coefficient (Wildman–Crippen LogP) is 4.43. The molecule has 0 bridgehead atoms. The average molecular weight is 435 g/mol. The molecule has 9 unspecified atom stereocenters. The van der Waals surface area contributed by atoms with Crippen LogP contribution in [0.3, 0.4) is 0 Å². The SMILES string of the molecule is CC(=O)OC1CCC2(C)C(CCC3C4CC(OC(C)=O)CC4(C)CC(OC(C)=O)C32)C1. The molecule has 4 saturated carbocycles. The summed E-state index contributed by atoms with van der Waals surface area (Å²) < 4.78 is 17.3. The van der Waals surface area contributed by atoms with E-state index in [-0.39, 0.29) is 47.0 Å². The van der Waals surface area contributed by atoms with Crippen LogP contribution in [0.2, 0.25) is 0 Å². The standard InChI is InChI=1S/C25H38O6/c1-14(26)29-18-8-9-25(5)17(10-18)6-7-20-21-11-19(30-15(2)27)12-24(21,4)13-22(23(20)25)31-16(3)28/h17-23H,6-13H2,1-5H3. The van der Waals surface area contributed by atoms with E-state index in [1.807, 2.05) is 0 Å². The molecule has 4 rings (SSSR count). The lowest BCUT2D eigenvalue weighted by molar-refractivity contribution is -0.197. The van der Waals surface area contributed by atoms with Crippen molar-refractivity contribution < 1.29 is 28.6 Å². The van der Waals surface area contributed by atoms with E-state index in [2.05, 4.69) is 13.8 Å². The largest absolute Gasteiger partial charge is 0.463 e. The summed E-state index contributed by atoms with van der Waals surface area (Å²) in [6, 6.07) is 0. The molecule has 0 spiro atoms. The second-order valence-corrected chi connectivity index (χ2v) is 11.3. The van der Waals surface area contributed by atoms with E-state index in [1.165, 1.54) is 20.8 Å². The molecular formula is C25H38O6. The molecule has 4 fully saturated rings. The van der Waals surface area contributed by atoms with E-state index >= 15 is 0 Å². The molecule has 0 saturated heterocycles. The molecule has 9 atom stereocenters. The molecule has 0 amide bonds. The Hall–Kier alpha value is -1.59. The molecular weight excluding hydrogens is 396 g/mol. The average Bonchev–Trinajstić information content (AvgIpc) is 2.95. The second-order valence-electron chi connectivity index (χ2n) is 11.3. The van der Waals surface area contributed by atoms with Crippen molar-refractivity contribution in [2.75, 3.05) is 0 Å². The van der Waals surface area contributed by atoms with Gasteiger partial charge in [-0.2, -0.15) is 0 Å². The smallest absolute Gasteiger partial charge is 0.302 e. The van der Waals surface area contributed by atoms with Crippen LogP contribution in [-0.2, 0) is 28.6 Å². The number of carbonyl (C=O) groups is 3. The highest BCUT2D eigenvalue weighted by Gasteiger charge is 2.63. The minimum absolute atomic E-state index is 0.00739. The van der Waals surface area contributed by atoms with E-state index in [9.17, 15) is 14.4 Å².